The van der Waals surface area contributed by atoms with E-state index in [2.05, 4.69) is 76.2 Å². The summed E-state index contributed by atoms with van der Waals surface area (Å²) in [6.07, 6.45) is 51.6. The lowest BCUT2D eigenvalue weighted by molar-refractivity contribution is 0.0600. The smallest absolute Gasteiger partial charge is 0.337 e. The molecule has 12 heteroatoms. The first-order chi connectivity index (χ1) is 57.3. The van der Waals surface area contributed by atoms with Crippen LogP contribution in [0.25, 0.3) is 11.1 Å². The fourth-order valence-electron chi connectivity index (χ4n) is 14.4. The van der Waals surface area contributed by atoms with E-state index >= 15 is 0 Å². The van der Waals surface area contributed by atoms with Gasteiger partial charge in [-0.3, -0.25) is 0 Å². The van der Waals surface area contributed by atoms with E-state index in [1.807, 2.05) is 115 Å². The van der Waals surface area contributed by atoms with E-state index in [9.17, 15) is 4.79 Å². The van der Waals surface area contributed by atoms with Gasteiger partial charge in [0.15, 0.2) is 23.0 Å². The summed E-state index contributed by atoms with van der Waals surface area (Å²) >= 11 is 0. The summed E-state index contributed by atoms with van der Waals surface area (Å²) in [5.41, 5.74) is 7.96. The van der Waals surface area contributed by atoms with Crippen molar-refractivity contribution in [1.82, 2.24) is 0 Å². The van der Waals surface area contributed by atoms with Crippen LogP contribution >= 0.6 is 0 Å². The van der Waals surface area contributed by atoms with Crippen LogP contribution in [-0.4, -0.2) is 39.5 Å². The van der Waals surface area contributed by atoms with Crippen LogP contribution in [0.4, 0.5) is 0 Å². The average Bonchev–Trinajstić information content (AvgIpc) is 0.825. The highest BCUT2D eigenvalue weighted by atomic mass is 16.5. The van der Waals surface area contributed by atoms with E-state index in [-0.39, 0.29) is 13.2 Å². The van der Waals surface area contributed by atoms with Gasteiger partial charge in [0.1, 0.15) is 74.1 Å². The SMILES string of the molecule is CCCCCCCCCCCCOc1ccc(COc2ccc(COc3cc(OCc4ccc(OCc5ccc(OCCCCCCCCCCCC)cc5)c(OCc5ccc(OCCCCCCCCCCCC)cc5)c4)cc(-c4ccc(C(=O)OC)cc4)c3)cc2OCc2ccc(OCCCCCCCCCCCC)cc2)cc1. The van der Waals surface area contributed by atoms with Crippen LogP contribution in [0.3, 0.4) is 0 Å². The monoisotopic (exact) mass is 1590 g/mol. The summed E-state index contributed by atoms with van der Waals surface area (Å²) in [7, 11) is 1.39. The molecule has 0 N–H and O–H groups in total. The highest BCUT2D eigenvalue weighted by Crippen LogP contribution is 2.37. The predicted molar refractivity (Wildman–Crippen MR) is 477 cm³/mol. The van der Waals surface area contributed by atoms with Gasteiger partial charge in [-0.05, 0) is 167 Å². The van der Waals surface area contributed by atoms with Crippen LogP contribution in [0.1, 0.15) is 328 Å². The number of ether oxygens (including phenoxy) is 11. The number of carbonyl (C=O) groups excluding carboxylic acids is 1. The molecule has 116 heavy (non-hydrogen) atoms. The largest absolute Gasteiger partial charge is 0.494 e. The number of carbonyl (C=O) groups is 1. The molecule has 632 valence electrons. The van der Waals surface area contributed by atoms with E-state index in [0.717, 1.165) is 106 Å². The molecule has 0 bridgehead atoms. The molecule has 0 radical (unpaired) electrons. The maximum atomic E-state index is 12.6. The third-order valence-corrected chi connectivity index (χ3v) is 21.7. The summed E-state index contributed by atoms with van der Waals surface area (Å²) in [4.78, 5) is 12.6. The highest BCUT2D eigenvalue weighted by molar-refractivity contribution is 5.90. The van der Waals surface area contributed by atoms with Crippen LogP contribution in [-0.2, 0) is 44.4 Å². The van der Waals surface area contributed by atoms with Crippen LogP contribution in [0.2, 0.25) is 0 Å². The standard InChI is InChI=1S/C104H144O12/c1-6-10-14-18-22-26-30-34-38-42-70-107-94-60-46-85(47-61-94)79-113-100-68-54-89(74-102(100)115-81-87-50-64-96(65-51-87)109-72-44-40-36-32-28-24-20-16-12-8-3)83-111-98-76-93(91-56-58-92(59-57-91)104(105)106-5)77-99(78-98)112-84-90-55-69-101(114-80-86-48-62-95(63-49-86)108-71-43-39-35-31-27-23-19-15-11-7-2)103(75-90)116-82-88-52-66-97(67-53-88)110-73-45-41-37-33-29-25-21-17-13-9-4/h46-69,74-78H,6-45,70-73,79-84H2,1-5H3. The molecule has 0 aliphatic rings. The molecular weight excluding hydrogens is 1440 g/mol. The van der Waals surface area contributed by atoms with E-state index in [0.29, 0.717) is 79.7 Å². The van der Waals surface area contributed by atoms with Gasteiger partial charge in [-0.1, -0.05) is 332 Å². The Morgan fingerprint density at radius 3 is 0.716 bits per heavy atom. The van der Waals surface area contributed by atoms with Crippen LogP contribution < -0.4 is 47.4 Å². The maximum Gasteiger partial charge on any atom is 0.337 e. The molecule has 8 aromatic carbocycles. The van der Waals surface area contributed by atoms with Gasteiger partial charge in [0, 0.05) is 6.07 Å². The molecule has 0 aliphatic carbocycles. The van der Waals surface area contributed by atoms with Gasteiger partial charge in [-0.25, -0.2) is 4.79 Å². The van der Waals surface area contributed by atoms with Crippen LogP contribution in [0, 0.1) is 0 Å². The molecule has 0 spiro atoms. The Balaban J connectivity index is 0.933. The minimum absolute atomic E-state index is 0.209. The molecule has 0 atom stereocenters. The quantitative estimate of drug-likeness (QED) is 0.0267. The first-order valence-corrected chi connectivity index (χ1v) is 45.5. The molecule has 0 aromatic heterocycles. The molecule has 8 aromatic rings. The number of unbranched alkanes of at least 4 members (excludes halogenated alkanes) is 36. The first kappa shape index (κ1) is 92.7. The van der Waals surface area contributed by atoms with Crippen molar-refractivity contribution in [3.63, 3.8) is 0 Å². The van der Waals surface area contributed by atoms with Gasteiger partial charge in [0.2, 0.25) is 0 Å². The number of hydrogen-bond donors (Lipinski definition) is 0. The van der Waals surface area contributed by atoms with Gasteiger partial charge in [0.25, 0.3) is 0 Å². The van der Waals surface area contributed by atoms with Crippen molar-refractivity contribution in [2.24, 2.45) is 0 Å². The van der Waals surface area contributed by atoms with Gasteiger partial charge in [0.05, 0.1) is 39.1 Å². The molecular formula is C104H144O12. The van der Waals surface area contributed by atoms with E-state index in [4.69, 9.17) is 52.1 Å². The first-order valence-electron chi connectivity index (χ1n) is 45.5. The summed E-state index contributed by atoms with van der Waals surface area (Å²) in [6, 6.07) is 58.0. The lowest BCUT2D eigenvalue weighted by Crippen LogP contribution is -2.04. The molecule has 8 rings (SSSR count). The molecule has 0 unspecified atom stereocenters. The lowest BCUT2D eigenvalue weighted by atomic mass is 10.0. The zero-order chi connectivity index (χ0) is 81.2. The summed E-state index contributed by atoms with van der Waals surface area (Å²) in [5, 5.41) is 0. The van der Waals surface area contributed by atoms with E-state index < -0.39 is 5.97 Å². The van der Waals surface area contributed by atoms with Gasteiger partial charge >= 0.3 is 5.97 Å². The third-order valence-electron chi connectivity index (χ3n) is 21.7. The van der Waals surface area contributed by atoms with E-state index in [1.54, 1.807) is 12.1 Å². The Bertz CT molecular complexity index is 3600. The highest BCUT2D eigenvalue weighted by Gasteiger charge is 2.16. The zero-order valence-electron chi connectivity index (χ0n) is 72.0. The average molecular weight is 1590 g/mol. The van der Waals surface area contributed by atoms with E-state index in [1.165, 1.54) is 238 Å². The molecule has 0 heterocycles. The van der Waals surface area contributed by atoms with Crippen molar-refractivity contribution in [3.8, 4) is 68.6 Å². The minimum Gasteiger partial charge on any atom is -0.494 e. The number of methoxy groups -OCH3 is 1. The summed E-state index contributed by atoms with van der Waals surface area (Å²) in [6.45, 7) is 13.7. The molecule has 0 aliphatic heterocycles. The van der Waals surface area contributed by atoms with Crippen molar-refractivity contribution in [1.29, 1.82) is 0 Å². The second-order valence-corrected chi connectivity index (χ2v) is 31.8. The second kappa shape index (κ2) is 59.0. The Kier molecular flexibility index (Phi) is 47.1. The van der Waals surface area contributed by atoms with Gasteiger partial charge in [-0.15, -0.1) is 0 Å². The van der Waals surface area contributed by atoms with Gasteiger partial charge < -0.3 is 52.1 Å². The molecule has 0 saturated carbocycles. The minimum atomic E-state index is -0.407. The van der Waals surface area contributed by atoms with Crippen molar-refractivity contribution < 1.29 is 56.9 Å². The normalized spacial score (nSPS) is 11.2. The van der Waals surface area contributed by atoms with Crippen LogP contribution in [0.5, 0.6) is 57.5 Å². The molecule has 12 nitrogen and oxygen atoms in total. The fraction of sp³-hybridized carbons (Fsp3) is 0.529. The lowest BCUT2D eigenvalue weighted by Gasteiger charge is -2.17. The predicted octanol–water partition coefficient (Wildman–Crippen LogP) is 29.8. The van der Waals surface area contributed by atoms with Crippen LogP contribution in [0.15, 0.2) is 176 Å². The number of esters is 1. The van der Waals surface area contributed by atoms with Crippen molar-refractivity contribution >= 4 is 5.97 Å². The Labute approximate surface area is 700 Å². The van der Waals surface area contributed by atoms with Crippen molar-refractivity contribution in [3.05, 3.63) is 215 Å². The maximum absolute atomic E-state index is 12.6. The third kappa shape index (κ3) is 39.0. The second-order valence-electron chi connectivity index (χ2n) is 31.8. The fourth-order valence-corrected chi connectivity index (χ4v) is 14.4. The van der Waals surface area contributed by atoms with Crippen molar-refractivity contribution in [2.45, 2.75) is 324 Å². The molecule has 0 amide bonds. The summed E-state index contributed by atoms with van der Waals surface area (Å²) in [5.74, 6) is 6.64. The molecule has 0 fully saturated rings. The molecule has 0 saturated heterocycles. The van der Waals surface area contributed by atoms with Gasteiger partial charge in [-0.2, -0.15) is 0 Å². The van der Waals surface area contributed by atoms with Crippen molar-refractivity contribution in [2.75, 3.05) is 33.5 Å². The Morgan fingerprint density at radius 2 is 0.448 bits per heavy atom. The Morgan fingerprint density at radius 1 is 0.207 bits per heavy atom. The number of hydrogen-bond acceptors (Lipinski definition) is 12. The zero-order valence-corrected chi connectivity index (χ0v) is 72.0. The number of benzene rings is 8. The Hall–Kier alpha value is -8.77. The number of rotatable bonds is 68. The topological polar surface area (TPSA) is 119 Å². The summed E-state index contributed by atoms with van der Waals surface area (Å²) < 4.78 is 69.8.